The van der Waals surface area contributed by atoms with Gasteiger partial charge >= 0.3 is 0 Å². The van der Waals surface area contributed by atoms with Gasteiger partial charge in [0, 0.05) is 32.2 Å². The van der Waals surface area contributed by atoms with Crippen LogP contribution in [-0.2, 0) is 19.6 Å². The molecule has 0 bridgehead atoms. The summed E-state index contributed by atoms with van der Waals surface area (Å²) in [6.07, 6.45) is 0.656. The predicted molar refractivity (Wildman–Crippen MR) is 78.0 cm³/mol. The van der Waals surface area contributed by atoms with Crippen molar-refractivity contribution in [2.24, 2.45) is 0 Å². The predicted octanol–water partition coefficient (Wildman–Crippen LogP) is 0.991. The van der Waals surface area contributed by atoms with Crippen molar-refractivity contribution in [1.29, 1.82) is 0 Å². The lowest BCUT2D eigenvalue weighted by Crippen LogP contribution is -2.39. The third-order valence-electron chi connectivity index (χ3n) is 3.25. The molecule has 1 fully saturated rings. The molecule has 2 rings (SSSR count). The summed E-state index contributed by atoms with van der Waals surface area (Å²) in [5, 5.41) is 2.98. The van der Waals surface area contributed by atoms with E-state index in [0.29, 0.717) is 19.6 Å². The highest BCUT2D eigenvalue weighted by molar-refractivity contribution is 7.90. The van der Waals surface area contributed by atoms with Crippen molar-refractivity contribution in [3.8, 4) is 0 Å². The van der Waals surface area contributed by atoms with E-state index in [0.717, 1.165) is 4.88 Å². The number of hydrogen-bond acceptors (Lipinski definition) is 6. The van der Waals surface area contributed by atoms with Gasteiger partial charge in [-0.2, -0.15) is 5.06 Å². The Morgan fingerprint density at radius 2 is 2.40 bits per heavy atom. The maximum Gasteiger partial charge on any atom is 0.218 e. The molecule has 1 aliphatic heterocycles. The Morgan fingerprint density at radius 1 is 1.60 bits per heavy atom. The van der Waals surface area contributed by atoms with E-state index < -0.39 is 15.3 Å². The summed E-state index contributed by atoms with van der Waals surface area (Å²) in [6.45, 7) is 1.10. The SMILES string of the molecule is COCCCNS(=O)(=O)C1CON(C)C1c1cccs1. The normalized spacial score (nSPS) is 24.3. The second-order valence-electron chi connectivity index (χ2n) is 4.63. The number of nitrogens with zero attached hydrogens (tertiary/aromatic N) is 1. The molecule has 20 heavy (non-hydrogen) atoms. The maximum absolute atomic E-state index is 12.4. The second-order valence-corrected chi connectivity index (χ2v) is 7.59. The van der Waals surface area contributed by atoms with Crippen LogP contribution in [0.2, 0.25) is 0 Å². The average Bonchev–Trinajstić information content (AvgIpc) is 3.03. The van der Waals surface area contributed by atoms with Gasteiger partial charge in [0.15, 0.2) is 0 Å². The third-order valence-corrected chi connectivity index (χ3v) is 5.99. The monoisotopic (exact) mass is 320 g/mol. The fourth-order valence-corrected chi connectivity index (χ4v) is 4.77. The van der Waals surface area contributed by atoms with Crippen LogP contribution in [0.25, 0.3) is 0 Å². The van der Waals surface area contributed by atoms with Crippen LogP contribution in [0.15, 0.2) is 17.5 Å². The Bertz CT molecular complexity index is 504. The molecule has 6 nitrogen and oxygen atoms in total. The molecule has 2 atom stereocenters. The fraction of sp³-hybridized carbons (Fsp3) is 0.667. The van der Waals surface area contributed by atoms with Crippen molar-refractivity contribution >= 4 is 21.4 Å². The van der Waals surface area contributed by atoms with Crippen LogP contribution < -0.4 is 4.72 Å². The summed E-state index contributed by atoms with van der Waals surface area (Å²) in [7, 11) is -0.0472. The number of thiophene rings is 1. The van der Waals surface area contributed by atoms with Gasteiger partial charge in [-0.1, -0.05) is 6.07 Å². The zero-order valence-electron chi connectivity index (χ0n) is 11.6. The number of nitrogens with one attached hydrogen (secondary N) is 1. The summed E-state index contributed by atoms with van der Waals surface area (Å²) in [4.78, 5) is 6.41. The van der Waals surface area contributed by atoms with Gasteiger partial charge in [0.2, 0.25) is 10.0 Å². The molecular weight excluding hydrogens is 300 g/mol. The summed E-state index contributed by atoms with van der Waals surface area (Å²) in [5.74, 6) is 0. The first kappa shape index (κ1) is 15.9. The van der Waals surface area contributed by atoms with Gasteiger partial charge in [-0.3, -0.25) is 4.84 Å². The van der Waals surface area contributed by atoms with Crippen molar-refractivity contribution in [1.82, 2.24) is 9.79 Å². The van der Waals surface area contributed by atoms with Crippen LogP contribution in [-0.4, -0.2) is 52.6 Å². The number of ether oxygens (including phenoxy) is 1. The van der Waals surface area contributed by atoms with E-state index in [4.69, 9.17) is 9.57 Å². The summed E-state index contributed by atoms with van der Waals surface area (Å²) in [6, 6.07) is 3.60. The molecule has 1 aromatic heterocycles. The van der Waals surface area contributed by atoms with Gasteiger partial charge < -0.3 is 4.74 Å². The standard InChI is InChI=1S/C12H20N2O4S2/c1-14-12(10-5-3-8-19-10)11(9-18-14)20(15,16)13-6-4-7-17-2/h3,5,8,11-13H,4,6-7,9H2,1-2H3. The Hall–Kier alpha value is -0.510. The van der Waals surface area contributed by atoms with Crippen LogP contribution in [0.3, 0.4) is 0 Å². The minimum Gasteiger partial charge on any atom is -0.385 e. The first-order valence-corrected chi connectivity index (χ1v) is 8.85. The van der Waals surface area contributed by atoms with Crippen molar-refractivity contribution in [2.75, 3.05) is 33.9 Å². The highest BCUT2D eigenvalue weighted by Gasteiger charge is 2.43. The highest BCUT2D eigenvalue weighted by Crippen LogP contribution is 2.35. The average molecular weight is 320 g/mol. The van der Waals surface area contributed by atoms with Crippen molar-refractivity contribution in [3.05, 3.63) is 22.4 Å². The minimum absolute atomic E-state index is 0.179. The minimum atomic E-state index is -3.41. The molecule has 0 radical (unpaired) electrons. The first-order chi connectivity index (χ1) is 9.56. The number of methoxy groups -OCH3 is 1. The van der Waals surface area contributed by atoms with Crippen LogP contribution in [0.1, 0.15) is 17.3 Å². The van der Waals surface area contributed by atoms with Crippen molar-refractivity contribution in [2.45, 2.75) is 17.7 Å². The molecule has 114 valence electrons. The molecular formula is C12H20N2O4S2. The number of sulfonamides is 1. The molecule has 0 aromatic carbocycles. The fourth-order valence-electron chi connectivity index (χ4n) is 2.22. The van der Waals surface area contributed by atoms with Gasteiger partial charge in [0.05, 0.1) is 12.6 Å². The Balaban J connectivity index is 2.06. The molecule has 1 N–H and O–H groups in total. The van der Waals surface area contributed by atoms with Crippen LogP contribution in [0, 0.1) is 0 Å². The molecule has 2 unspecified atom stereocenters. The van der Waals surface area contributed by atoms with Crippen LogP contribution >= 0.6 is 11.3 Å². The third kappa shape index (κ3) is 3.57. The van der Waals surface area contributed by atoms with Crippen LogP contribution in [0.4, 0.5) is 0 Å². The van der Waals surface area contributed by atoms with E-state index in [9.17, 15) is 8.42 Å². The van der Waals surface area contributed by atoms with E-state index in [-0.39, 0.29) is 12.6 Å². The Morgan fingerprint density at radius 3 is 3.05 bits per heavy atom. The van der Waals surface area contributed by atoms with Gasteiger partial charge in [-0.05, 0) is 17.9 Å². The molecule has 1 aliphatic rings. The van der Waals surface area contributed by atoms with Gasteiger partial charge in [-0.15, -0.1) is 11.3 Å². The van der Waals surface area contributed by atoms with E-state index >= 15 is 0 Å². The van der Waals surface area contributed by atoms with E-state index in [1.165, 1.54) is 0 Å². The Kier molecular flexibility index (Phi) is 5.53. The molecule has 1 aromatic rings. The number of rotatable bonds is 7. The number of hydroxylamine groups is 2. The summed E-state index contributed by atoms with van der Waals surface area (Å²) in [5.41, 5.74) is 0. The molecule has 0 amide bonds. The lowest BCUT2D eigenvalue weighted by Gasteiger charge is -2.21. The lowest BCUT2D eigenvalue weighted by molar-refractivity contribution is -0.110. The zero-order valence-corrected chi connectivity index (χ0v) is 13.2. The van der Waals surface area contributed by atoms with E-state index in [1.807, 2.05) is 17.5 Å². The summed E-state index contributed by atoms with van der Waals surface area (Å²) >= 11 is 1.54. The highest BCUT2D eigenvalue weighted by atomic mass is 32.2. The summed E-state index contributed by atoms with van der Waals surface area (Å²) < 4.78 is 32.3. The lowest BCUT2D eigenvalue weighted by atomic mass is 10.2. The Labute approximate surface area is 123 Å². The molecule has 2 heterocycles. The van der Waals surface area contributed by atoms with E-state index in [1.54, 1.807) is 30.6 Å². The largest absolute Gasteiger partial charge is 0.385 e. The maximum atomic E-state index is 12.4. The van der Waals surface area contributed by atoms with Gasteiger partial charge in [0.25, 0.3) is 0 Å². The second kappa shape index (κ2) is 6.97. The quantitative estimate of drug-likeness (QED) is 0.759. The van der Waals surface area contributed by atoms with Crippen molar-refractivity contribution in [3.63, 3.8) is 0 Å². The van der Waals surface area contributed by atoms with E-state index in [2.05, 4.69) is 4.72 Å². The molecule has 0 saturated carbocycles. The van der Waals surface area contributed by atoms with Gasteiger partial charge in [-0.25, -0.2) is 13.1 Å². The zero-order chi connectivity index (χ0) is 14.6. The topological polar surface area (TPSA) is 67.9 Å². The van der Waals surface area contributed by atoms with Crippen molar-refractivity contribution < 1.29 is 18.0 Å². The molecule has 1 saturated heterocycles. The first-order valence-electron chi connectivity index (χ1n) is 6.43. The van der Waals surface area contributed by atoms with Crippen LogP contribution in [0.5, 0.6) is 0 Å². The number of hydrogen-bond donors (Lipinski definition) is 1. The molecule has 0 spiro atoms. The molecule has 8 heteroatoms. The molecule has 0 aliphatic carbocycles. The smallest absolute Gasteiger partial charge is 0.218 e. The van der Waals surface area contributed by atoms with Gasteiger partial charge in [0.1, 0.15) is 5.25 Å².